The standard InChI is InChI=1S/C75H109N15O14S2/c1-45(2)38-57-71(100)87(13)50(8)70(99)88(14)60(39-46(3)4)68(97)79-48(6)69(98)89(15)61(42-53-32-23-18-24-33-53)73(102)86(12)49(7)64(93)78-47(5)63(92)82-56(41-52-30-21-17-22-31-52)67(96)84-58(44-105-106-75(9,10)11)72(101)90-37-27-35-59(90)74(103)104-43-62(91)80-55(40-51-28-19-16-20-29-51)66(95)81-54(65(94)83-57)34-25-26-36-77-85-76/h16-24,28-33,45-50,54-61H,25-27,34-44H2,1-15H3,(H,78,93)(H,79,97)(H,80,91)(H,81,95)(H,82,92)(H,83,94)(H,84,96)/t47-,48-,49-,50-,54-,55-,56-,57-,58-,59-,60-,61-/m0/s1. The fourth-order valence-electron chi connectivity index (χ4n) is 12.2. The highest BCUT2D eigenvalue weighted by Crippen LogP contribution is 2.36. The SMILES string of the molecule is CC(C)C[C@@H]1NC(=O)[C@H](CCCCN=[N+]=[N-])NC(=O)[C@H](Cc2ccccc2)NC(=O)COC(=O)[C@@H]2CCCN2C(=O)[C@H](CSSC(C)(C)C)NC(=O)[C@H](Cc2ccccc2)NC(=O)[C@H](C)NC(=O)[C@H](C)N(C)C(=O)[C@H](Cc2ccccc2)N(C)C(=O)[C@H](C)NC(=O)[C@H](CC(C)C)N(C)C(=O)[C@H](C)N(C)C1=O. The molecule has 0 aliphatic carbocycles. The Hall–Kier alpha value is -9.22. The summed E-state index contributed by atoms with van der Waals surface area (Å²) in [5, 5.41) is 22.9. The van der Waals surface area contributed by atoms with Gasteiger partial charge in [0.2, 0.25) is 65.0 Å². The van der Waals surface area contributed by atoms with Crippen molar-refractivity contribution >= 4 is 98.4 Å². The van der Waals surface area contributed by atoms with E-state index in [9.17, 15) is 62.3 Å². The first kappa shape index (κ1) is 87.4. The van der Waals surface area contributed by atoms with Crippen LogP contribution in [0.2, 0.25) is 0 Å². The Balaban J connectivity index is 1.58. The Morgan fingerprint density at radius 3 is 1.55 bits per heavy atom. The number of ether oxygens (including phenoxy) is 1. The van der Waals surface area contributed by atoms with Gasteiger partial charge in [0.05, 0.1) is 0 Å². The van der Waals surface area contributed by atoms with Crippen LogP contribution < -0.4 is 37.2 Å². The summed E-state index contributed by atoms with van der Waals surface area (Å²) < 4.78 is 5.31. The van der Waals surface area contributed by atoms with Gasteiger partial charge in [-0.2, -0.15) is 0 Å². The number of carbonyl (C=O) groups is 13. The van der Waals surface area contributed by atoms with Gasteiger partial charge in [-0.1, -0.05) is 173 Å². The van der Waals surface area contributed by atoms with Gasteiger partial charge in [0.1, 0.15) is 72.5 Å². The lowest BCUT2D eigenvalue weighted by Gasteiger charge is -2.36. The molecular weight excluding hydrogens is 1400 g/mol. The fraction of sp³-hybridized carbons (Fsp3) is 0.587. The van der Waals surface area contributed by atoms with Crippen molar-refractivity contribution in [2.45, 2.75) is 218 Å². The molecule has 2 saturated heterocycles. The maximum atomic E-state index is 15.0. The molecule has 0 saturated carbocycles. The molecule has 3 aromatic rings. The van der Waals surface area contributed by atoms with Crippen LogP contribution in [0.1, 0.15) is 138 Å². The molecule has 0 aromatic heterocycles. The van der Waals surface area contributed by atoms with Gasteiger partial charge in [-0.25, -0.2) is 4.79 Å². The zero-order valence-corrected chi connectivity index (χ0v) is 65.4. The zero-order chi connectivity index (χ0) is 78.7. The fourth-order valence-corrected chi connectivity index (χ4v) is 14.6. The second-order valence-electron chi connectivity index (χ2n) is 29.1. The minimum atomic E-state index is -1.40. The molecule has 0 spiro atoms. The first-order valence-electron chi connectivity index (χ1n) is 36.1. The van der Waals surface area contributed by atoms with Crippen molar-refractivity contribution in [1.82, 2.24) is 61.7 Å². The van der Waals surface area contributed by atoms with Crippen LogP contribution in [-0.2, 0) is 86.3 Å². The maximum Gasteiger partial charge on any atom is 0.329 e. The van der Waals surface area contributed by atoms with Crippen molar-refractivity contribution in [3.05, 3.63) is 118 Å². The van der Waals surface area contributed by atoms with Gasteiger partial charge in [-0.15, -0.1) is 0 Å². The van der Waals surface area contributed by atoms with Crippen LogP contribution in [0.5, 0.6) is 0 Å². The van der Waals surface area contributed by atoms with Crippen molar-refractivity contribution in [2.75, 3.05) is 53.6 Å². The van der Waals surface area contributed by atoms with Crippen LogP contribution in [-0.4, -0.2) is 232 Å². The van der Waals surface area contributed by atoms with Gasteiger partial charge in [-0.3, -0.25) is 57.5 Å². The number of likely N-dealkylation sites (N-methyl/N-ethyl adjacent to an activating group) is 4. The monoisotopic (exact) mass is 1510 g/mol. The van der Waals surface area contributed by atoms with Gasteiger partial charge < -0.3 is 66.5 Å². The molecule has 3 aromatic carbocycles. The van der Waals surface area contributed by atoms with E-state index in [4.69, 9.17) is 10.3 Å². The van der Waals surface area contributed by atoms with Crippen LogP contribution in [0, 0.1) is 11.8 Å². The van der Waals surface area contributed by atoms with Crippen LogP contribution in [0.4, 0.5) is 0 Å². The van der Waals surface area contributed by atoms with E-state index in [-0.39, 0.29) is 86.8 Å². The summed E-state index contributed by atoms with van der Waals surface area (Å²) >= 11 is 0. The number of esters is 1. The van der Waals surface area contributed by atoms with E-state index in [0.717, 1.165) is 9.80 Å². The summed E-state index contributed by atoms with van der Waals surface area (Å²) in [6.07, 6.45) is 0.881. The third-order valence-electron chi connectivity index (χ3n) is 18.4. The Morgan fingerprint density at radius 1 is 0.509 bits per heavy atom. The van der Waals surface area contributed by atoms with E-state index in [1.807, 2.05) is 48.5 Å². The second kappa shape index (κ2) is 42.2. The van der Waals surface area contributed by atoms with Gasteiger partial charge in [-0.05, 0) is 100 Å². The first-order chi connectivity index (χ1) is 50.0. The molecule has 12 amide bonds. The highest BCUT2D eigenvalue weighted by atomic mass is 33.1. The highest BCUT2D eigenvalue weighted by Gasteiger charge is 2.43. The third kappa shape index (κ3) is 27.0. The molecule has 580 valence electrons. The third-order valence-corrected chi connectivity index (χ3v) is 21.8. The van der Waals surface area contributed by atoms with Gasteiger partial charge in [0.15, 0.2) is 6.61 Å². The van der Waals surface area contributed by atoms with Crippen molar-refractivity contribution < 1.29 is 67.1 Å². The van der Waals surface area contributed by atoms with E-state index in [1.165, 1.54) is 92.2 Å². The number of cyclic esters (lactones) is 1. The molecule has 12 atom stereocenters. The van der Waals surface area contributed by atoms with E-state index >= 15 is 0 Å². The summed E-state index contributed by atoms with van der Waals surface area (Å²) in [7, 11) is 8.29. The number of carbonyl (C=O) groups excluding carboxylic acids is 13. The second-order valence-corrected chi connectivity index (χ2v) is 32.2. The predicted molar refractivity (Wildman–Crippen MR) is 405 cm³/mol. The molecule has 5 rings (SSSR count). The van der Waals surface area contributed by atoms with E-state index in [0.29, 0.717) is 29.5 Å². The lowest BCUT2D eigenvalue weighted by molar-refractivity contribution is -0.156. The number of fused-ring (bicyclic) bond motifs is 1. The molecule has 2 heterocycles. The minimum Gasteiger partial charge on any atom is -0.454 e. The molecule has 0 radical (unpaired) electrons. The number of benzene rings is 3. The number of nitrogens with one attached hydrogen (secondary N) is 7. The van der Waals surface area contributed by atoms with E-state index in [2.05, 4.69) is 47.2 Å². The number of unbranched alkanes of at least 4 members (excludes halogenated alkanes) is 1. The van der Waals surface area contributed by atoms with Crippen LogP contribution >= 0.6 is 21.6 Å². The Morgan fingerprint density at radius 2 is 1.00 bits per heavy atom. The normalized spacial score (nSPS) is 25.2. The number of hydrogen-bond donors (Lipinski definition) is 7. The number of rotatable bonds is 18. The molecule has 0 unspecified atom stereocenters. The van der Waals surface area contributed by atoms with Crippen molar-refractivity contribution in [2.24, 2.45) is 17.0 Å². The van der Waals surface area contributed by atoms with Crippen molar-refractivity contribution in [1.29, 1.82) is 0 Å². The van der Waals surface area contributed by atoms with Crippen LogP contribution in [0.3, 0.4) is 0 Å². The predicted octanol–water partition coefficient (Wildman–Crippen LogP) is 4.80. The van der Waals surface area contributed by atoms with Crippen molar-refractivity contribution in [3.8, 4) is 0 Å². The quantitative estimate of drug-likeness (QED) is 0.0225. The topological polar surface area (TPSA) is 380 Å². The molecule has 31 heteroatoms. The van der Waals surface area contributed by atoms with Crippen LogP contribution in [0.25, 0.3) is 10.4 Å². The number of nitrogens with zero attached hydrogens (tertiary/aromatic N) is 8. The Bertz CT molecular complexity index is 3570. The van der Waals surface area contributed by atoms with E-state index < -0.39 is 156 Å². The average molecular weight is 1510 g/mol. The molecule has 106 heavy (non-hydrogen) atoms. The largest absolute Gasteiger partial charge is 0.454 e. The van der Waals surface area contributed by atoms with E-state index in [1.54, 1.807) is 91.0 Å². The number of azide groups is 1. The maximum absolute atomic E-state index is 15.0. The molecule has 7 N–H and O–H groups in total. The van der Waals surface area contributed by atoms with Crippen molar-refractivity contribution in [3.63, 3.8) is 0 Å². The minimum absolute atomic E-state index is 0.00321. The summed E-state index contributed by atoms with van der Waals surface area (Å²) in [4.78, 5) is 199. The number of hydrogen-bond acceptors (Lipinski definition) is 17. The van der Waals surface area contributed by atoms with Gasteiger partial charge in [0.25, 0.3) is 5.91 Å². The molecule has 2 fully saturated rings. The molecule has 2 aliphatic rings. The lowest BCUT2D eigenvalue weighted by atomic mass is 9.99. The summed E-state index contributed by atoms with van der Waals surface area (Å²) in [5.41, 5.74) is 10.9. The highest BCUT2D eigenvalue weighted by molar-refractivity contribution is 8.77. The summed E-state index contributed by atoms with van der Waals surface area (Å²) in [6, 6.07) is 10.6. The Labute approximate surface area is 630 Å². The Kier molecular flexibility index (Phi) is 34.8. The average Bonchev–Trinajstić information content (AvgIpc) is 1.30. The summed E-state index contributed by atoms with van der Waals surface area (Å²) in [5.74, 6) is -10.4. The number of amides is 12. The molecule has 29 nitrogen and oxygen atoms in total. The van der Waals surface area contributed by atoms with Gasteiger partial charge in [0, 0.05) is 76.0 Å². The molecular formula is C75H109N15O14S2. The zero-order valence-electron chi connectivity index (χ0n) is 63.8. The molecule has 2 aliphatic heterocycles. The lowest BCUT2D eigenvalue weighted by Crippen LogP contribution is -2.60. The summed E-state index contributed by atoms with van der Waals surface area (Å²) in [6.45, 7) is 18.2. The smallest absolute Gasteiger partial charge is 0.329 e. The van der Waals surface area contributed by atoms with Crippen LogP contribution in [0.15, 0.2) is 96.1 Å². The molecule has 0 bridgehead atoms. The van der Waals surface area contributed by atoms with Gasteiger partial charge >= 0.3 is 5.97 Å². The first-order valence-corrected chi connectivity index (χ1v) is 38.4.